The summed E-state index contributed by atoms with van der Waals surface area (Å²) in [5.74, 6) is 0. The summed E-state index contributed by atoms with van der Waals surface area (Å²) in [4.78, 5) is 0. The molecule has 1 aliphatic heterocycles. The Balaban J connectivity index is 2.18. The summed E-state index contributed by atoms with van der Waals surface area (Å²) < 4.78 is 0. The quantitative estimate of drug-likeness (QED) is 0.491. The fourth-order valence-corrected chi connectivity index (χ4v) is 0.399. The lowest BCUT2D eigenvalue weighted by Crippen LogP contribution is -2.14. The third-order valence-corrected chi connectivity index (χ3v) is 0.869. The average Bonchev–Trinajstić information content (AvgIpc) is 2.19. The first-order valence-corrected chi connectivity index (χ1v) is 1.99. The van der Waals surface area contributed by atoms with E-state index in [2.05, 4.69) is 12.3 Å². The number of hydrogen-bond donors (Lipinski definition) is 1. The molecule has 0 spiro atoms. The van der Waals surface area contributed by atoms with Crippen molar-refractivity contribution in [2.24, 2.45) is 0 Å². The van der Waals surface area contributed by atoms with Gasteiger partial charge in [0, 0.05) is 18.9 Å². The molecule has 1 heterocycles. The Morgan fingerprint density at radius 3 is 2.33 bits per heavy atom. The highest BCUT2D eigenvalue weighted by Crippen LogP contribution is 2.13. The zero-order valence-corrected chi connectivity index (χ0v) is 4.02. The van der Waals surface area contributed by atoms with Gasteiger partial charge in [-0.3, -0.25) is 5.01 Å². The van der Waals surface area contributed by atoms with Crippen molar-refractivity contribution in [2.45, 2.75) is 6.92 Å². The van der Waals surface area contributed by atoms with Crippen LogP contribution in [0.15, 0.2) is 11.9 Å². The Hall–Kier alpha value is -0.500. The van der Waals surface area contributed by atoms with Crippen LogP contribution in [0.1, 0.15) is 6.92 Å². The van der Waals surface area contributed by atoms with Crippen molar-refractivity contribution in [2.75, 3.05) is 7.05 Å². The molecule has 34 valence electrons. The lowest BCUT2D eigenvalue weighted by Gasteiger charge is -1.95. The fraction of sp³-hybridized carbons (Fsp3) is 0.500. The Morgan fingerprint density at radius 2 is 2.33 bits per heavy atom. The molecule has 0 amide bonds. The van der Waals surface area contributed by atoms with Crippen LogP contribution in [0.25, 0.3) is 0 Å². The van der Waals surface area contributed by atoms with Gasteiger partial charge in [-0.05, 0) is 6.92 Å². The SMILES string of the molecule is CNN1C=C1C. The second-order valence-electron chi connectivity index (χ2n) is 1.36. The van der Waals surface area contributed by atoms with Crippen LogP contribution >= 0.6 is 0 Å². The van der Waals surface area contributed by atoms with Gasteiger partial charge in [0.25, 0.3) is 0 Å². The normalized spacial score (nSPS) is 17.7. The minimum absolute atomic E-state index is 1.30. The van der Waals surface area contributed by atoms with E-state index in [9.17, 15) is 0 Å². The number of allylic oxidation sites excluding steroid dienone is 1. The molecule has 0 unspecified atom stereocenters. The van der Waals surface area contributed by atoms with E-state index in [1.165, 1.54) is 5.70 Å². The highest BCUT2D eigenvalue weighted by Gasteiger charge is 2.10. The highest BCUT2D eigenvalue weighted by molar-refractivity contribution is 5.12. The minimum Gasteiger partial charge on any atom is -0.286 e. The van der Waals surface area contributed by atoms with Gasteiger partial charge >= 0.3 is 0 Å². The first-order chi connectivity index (χ1) is 2.84. The number of hydrogen-bond acceptors (Lipinski definition) is 2. The van der Waals surface area contributed by atoms with Crippen LogP contribution < -0.4 is 5.43 Å². The van der Waals surface area contributed by atoms with Crippen molar-refractivity contribution in [1.29, 1.82) is 0 Å². The van der Waals surface area contributed by atoms with E-state index in [1.54, 1.807) is 0 Å². The van der Waals surface area contributed by atoms with Crippen molar-refractivity contribution in [1.82, 2.24) is 10.4 Å². The standard InChI is InChI=1S/C4H8N2/c1-4-3-6(4)5-2/h3,5H,1-2H3. The molecule has 0 bridgehead atoms. The predicted molar refractivity (Wildman–Crippen MR) is 24.7 cm³/mol. The van der Waals surface area contributed by atoms with Gasteiger partial charge in [-0.25, -0.2) is 5.43 Å². The number of nitrogens with one attached hydrogen (secondary N) is 1. The Kier molecular flexibility index (Phi) is 0.601. The van der Waals surface area contributed by atoms with Crippen LogP contribution in [-0.4, -0.2) is 12.1 Å². The molecule has 6 heavy (non-hydrogen) atoms. The highest BCUT2D eigenvalue weighted by atomic mass is 15.5. The number of hydrazine groups is 1. The summed E-state index contributed by atoms with van der Waals surface area (Å²) in [6, 6.07) is 0. The lowest BCUT2D eigenvalue weighted by molar-refractivity contribution is 0.472. The summed E-state index contributed by atoms with van der Waals surface area (Å²) >= 11 is 0. The Labute approximate surface area is 37.4 Å². The van der Waals surface area contributed by atoms with E-state index in [-0.39, 0.29) is 0 Å². The molecule has 0 fully saturated rings. The molecule has 0 aromatic rings. The number of rotatable bonds is 1. The molecule has 0 saturated heterocycles. The average molecular weight is 84.1 g/mol. The monoisotopic (exact) mass is 84.1 g/mol. The molecule has 2 nitrogen and oxygen atoms in total. The summed E-state index contributed by atoms with van der Waals surface area (Å²) in [7, 11) is 1.90. The molecule has 0 atom stereocenters. The van der Waals surface area contributed by atoms with Gasteiger partial charge in [0.2, 0.25) is 0 Å². The van der Waals surface area contributed by atoms with Crippen molar-refractivity contribution in [3.63, 3.8) is 0 Å². The summed E-state index contributed by atoms with van der Waals surface area (Å²) in [5, 5.41) is 1.96. The van der Waals surface area contributed by atoms with E-state index in [0.717, 1.165) is 0 Å². The Bertz CT molecular complexity index is 85.5. The summed E-state index contributed by atoms with van der Waals surface area (Å²) in [6.45, 7) is 2.05. The third kappa shape index (κ3) is 0.389. The smallest absolute Gasteiger partial charge is 0.0492 e. The predicted octanol–water partition coefficient (Wildman–Crippen LogP) is 0.298. The van der Waals surface area contributed by atoms with E-state index >= 15 is 0 Å². The van der Waals surface area contributed by atoms with Crippen LogP contribution in [0, 0.1) is 0 Å². The first kappa shape index (κ1) is 3.68. The molecule has 0 radical (unpaired) electrons. The van der Waals surface area contributed by atoms with E-state index < -0.39 is 0 Å². The third-order valence-electron chi connectivity index (χ3n) is 0.869. The van der Waals surface area contributed by atoms with Crippen LogP contribution in [0.5, 0.6) is 0 Å². The molecule has 1 rings (SSSR count). The van der Waals surface area contributed by atoms with Crippen LogP contribution in [0.3, 0.4) is 0 Å². The summed E-state index contributed by atoms with van der Waals surface area (Å²) in [5.41, 5.74) is 4.23. The van der Waals surface area contributed by atoms with Crippen molar-refractivity contribution < 1.29 is 0 Å². The van der Waals surface area contributed by atoms with Gasteiger partial charge < -0.3 is 0 Å². The van der Waals surface area contributed by atoms with Gasteiger partial charge in [0.05, 0.1) is 0 Å². The van der Waals surface area contributed by atoms with E-state index in [0.29, 0.717) is 0 Å². The second-order valence-corrected chi connectivity index (χ2v) is 1.36. The zero-order valence-electron chi connectivity index (χ0n) is 4.02. The van der Waals surface area contributed by atoms with Crippen LogP contribution in [0.2, 0.25) is 0 Å². The molecule has 1 aliphatic rings. The number of nitrogens with zero attached hydrogens (tertiary/aromatic N) is 1. The molecule has 0 aliphatic carbocycles. The van der Waals surface area contributed by atoms with E-state index in [4.69, 9.17) is 0 Å². The summed E-state index contributed by atoms with van der Waals surface area (Å²) in [6.07, 6.45) is 2.03. The maximum absolute atomic E-state index is 2.93. The molecule has 1 N–H and O–H groups in total. The fourth-order valence-electron chi connectivity index (χ4n) is 0.399. The largest absolute Gasteiger partial charge is 0.286 e. The van der Waals surface area contributed by atoms with Crippen molar-refractivity contribution >= 4 is 0 Å². The molecule has 2 heteroatoms. The zero-order chi connectivity index (χ0) is 4.57. The van der Waals surface area contributed by atoms with Gasteiger partial charge in [0.1, 0.15) is 0 Å². The molecular formula is C4H8N2. The lowest BCUT2D eigenvalue weighted by atomic mass is 10.7. The van der Waals surface area contributed by atoms with Crippen molar-refractivity contribution in [3.8, 4) is 0 Å². The maximum atomic E-state index is 2.93. The molecule has 0 saturated carbocycles. The molecule has 0 aromatic heterocycles. The van der Waals surface area contributed by atoms with Crippen LogP contribution in [0.4, 0.5) is 0 Å². The van der Waals surface area contributed by atoms with Crippen molar-refractivity contribution in [3.05, 3.63) is 11.9 Å². The molecular weight excluding hydrogens is 76.1 g/mol. The first-order valence-electron chi connectivity index (χ1n) is 1.99. The van der Waals surface area contributed by atoms with E-state index in [1.807, 2.05) is 18.3 Å². The van der Waals surface area contributed by atoms with Crippen LogP contribution in [-0.2, 0) is 0 Å². The van der Waals surface area contributed by atoms with Gasteiger partial charge in [0.15, 0.2) is 0 Å². The Morgan fingerprint density at radius 1 is 1.83 bits per heavy atom. The minimum atomic E-state index is 1.30. The van der Waals surface area contributed by atoms with Gasteiger partial charge in [-0.1, -0.05) is 0 Å². The maximum Gasteiger partial charge on any atom is 0.0492 e. The van der Waals surface area contributed by atoms with Gasteiger partial charge in [-0.15, -0.1) is 0 Å². The second kappa shape index (κ2) is 0.980. The molecule has 0 aromatic carbocycles. The van der Waals surface area contributed by atoms with Gasteiger partial charge in [-0.2, -0.15) is 0 Å². The topological polar surface area (TPSA) is 15.0 Å².